The molecule has 1 unspecified atom stereocenters. The first kappa shape index (κ1) is 13.6. The SMILES string of the molecule is C=C(C(=O)O)C(CCS(=O)(=O)O)C(=O)O. The molecule has 0 aliphatic heterocycles. The summed E-state index contributed by atoms with van der Waals surface area (Å²) in [4.78, 5) is 21.0. The number of carboxylic acid groups (broad SMARTS) is 2. The van der Waals surface area contributed by atoms with Gasteiger partial charge < -0.3 is 10.2 Å². The lowest BCUT2D eigenvalue weighted by atomic mass is 9.98. The van der Waals surface area contributed by atoms with E-state index in [9.17, 15) is 18.0 Å². The van der Waals surface area contributed by atoms with Gasteiger partial charge in [0.15, 0.2) is 0 Å². The Kier molecular flexibility index (Phi) is 4.43. The number of carboxylic acids is 2. The second-order valence-electron chi connectivity index (χ2n) is 2.80. The molecule has 0 radical (unpaired) electrons. The zero-order chi connectivity index (χ0) is 12.2. The second kappa shape index (κ2) is 4.89. The Bertz CT molecular complexity index is 380. The van der Waals surface area contributed by atoms with Crippen molar-refractivity contribution in [2.24, 2.45) is 5.92 Å². The summed E-state index contributed by atoms with van der Waals surface area (Å²) in [5.74, 6) is -5.36. The zero-order valence-electron chi connectivity index (χ0n) is 7.58. The maximum Gasteiger partial charge on any atom is 0.331 e. The van der Waals surface area contributed by atoms with Gasteiger partial charge in [-0.1, -0.05) is 6.58 Å². The normalized spacial score (nSPS) is 13.1. The summed E-state index contributed by atoms with van der Waals surface area (Å²) in [7, 11) is -4.31. The largest absolute Gasteiger partial charge is 0.481 e. The van der Waals surface area contributed by atoms with Crippen molar-refractivity contribution in [3.63, 3.8) is 0 Å². The highest BCUT2D eigenvalue weighted by Gasteiger charge is 2.26. The van der Waals surface area contributed by atoms with Crippen LogP contribution in [0, 0.1) is 5.92 Å². The van der Waals surface area contributed by atoms with Crippen LogP contribution in [0.3, 0.4) is 0 Å². The van der Waals surface area contributed by atoms with Crippen LogP contribution in [0.5, 0.6) is 0 Å². The van der Waals surface area contributed by atoms with Gasteiger partial charge in [0.2, 0.25) is 0 Å². The maximum absolute atomic E-state index is 10.6. The van der Waals surface area contributed by atoms with Crippen molar-refractivity contribution >= 4 is 22.1 Å². The molecule has 0 saturated carbocycles. The summed E-state index contributed by atoms with van der Waals surface area (Å²) < 4.78 is 29.0. The van der Waals surface area contributed by atoms with E-state index in [1.54, 1.807) is 0 Å². The van der Waals surface area contributed by atoms with E-state index in [-0.39, 0.29) is 0 Å². The van der Waals surface area contributed by atoms with Gasteiger partial charge in [-0.05, 0) is 6.42 Å². The van der Waals surface area contributed by atoms with E-state index in [1.165, 1.54) is 0 Å². The van der Waals surface area contributed by atoms with E-state index in [1.807, 2.05) is 0 Å². The Balaban J connectivity index is 4.64. The molecule has 1 atom stereocenters. The van der Waals surface area contributed by atoms with Crippen LogP contribution >= 0.6 is 0 Å². The first-order valence-electron chi connectivity index (χ1n) is 3.75. The van der Waals surface area contributed by atoms with Gasteiger partial charge in [0.25, 0.3) is 10.1 Å². The maximum atomic E-state index is 10.6. The van der Waals surface area contributed by atoms with Crippen LogP contribution in [0.2, 0.25) is 0 Å². The number of aliphatic carboxylic acids is 2. The van der Waals surface area contributed by atoms with E-state index >= 15 is 0 Å². The van der Waals surface area contributed by atoms with Crippen LogP contribution in [-0.2, 0) is 19.7 Å². The van der Waals surface area contributed by atoms with E-state index in [0.717, 1.165) is 0 Å². The Morgan fingerprint density at radius 3 is 2.00 bits per heavy atom. The molecule has 0 spiro atoms. The third-order valence-corrected chi connectivity index (χ3v) is 2.41. The molecule has 3 N–H and O–H groups in total. The zero-order valence-corrected chi connectivity index (χ0v) is 8.40. The molecule has 0 saturated heterocycles. The Morgan fingerprint density at radius 2 is 1.73 bits per heavy atom. The standard InChI is InChI=1S/C7H10O7S/c1-4(6(8)9)5(7(10)11)2-3-15(12,13)14/h5H,1-3H2,(H,8,9)(H,10,11)(H,12,13,14). The average molecular weight is 238 g/mol. The molecule has 8 heteroatoms. The molecule has 0 heterocycles. The molecule has 0 rings (SSSR count). The molecule has 0 aromatic rings. The summed E-state index contributed by atoms with van der Waals surface area (Å²) in [5.41, 5.74) is -0.619. The van der Waals surface area contributed by atoms with Gasteiger partial charge in [-0.3, -0.25) is 9.35 Å². The number of rotatable bonds is 6. The van der Waals surface area contributed by atoms with Crippen molar-refractivity contribution in [2.45, 2.75) is 6.42 Å². The van der Waals surface area contributed by atoms with Crippen molar-refractivity contribution in [3.8, 4) is 0 Å². The molecular weight excluding hydrogens is 228 g/mol. The van der Waals surface area contributed by atoms with Gasteiger partial charge in [-0.15, -0.1) is 0 Å². The molecule has 0 aromatic carbocycles. The molecule has 0 amide bonds. The van der Waals surface area contributed by atoms with Crippen molar-refractivity contribution in [1.82, 2.24) is 0 Å². The molecule has 86 valence electrons. The fourth-order valence-electron chi connectivity index (χ4n) is 0.863. The quantitative estimate of drug-likeness (QED) is 0.424. The van der Waals surface area contributed by atoms with Gasteiger partial charge in [0.1, 0.15) is 0 Å². The molecule has 0 aliphatic carbocycles. The molecule has 0 fully saturated rings. The van der Waals surface area contributed by atoms with Crippen LogP contribution in [0.15, 0.2) is 12.2 Å². The molecular formula is C7H10O7S. The molecule has 0 aromatic heterocycles. The molecule has 0 aliphatic rings. The van der Waals surface area contributed by atoms with Crippen LogP contribution in [0.4, 0.5) is 0 Å². The van der Waals surface area contributed by atoms with E-state index in [4.69, 9.17) is 14.8 Å². The Hall–Kier alpha value is -1.41. The van der Waals surface area contributed by atoms with Crippen molar-refractivity contribution in [3.05, 3.63) is 12.2 Å². The third kappa shape index (κ3) is 5.13. The second-order valence-corrected chi connectivity index (χ2v) is 4.37. The van der Waals surface area contributed by atoms with Crippen molar-refractivity contribution < 1.29 is 32.8 Å². The molecule has 0 bridgehead atoms. The van der Waals surface area contributed by atoms with Gasteiger partial charge in [0.05, 0.1) is 11.7 Å². The Labute approximate surface area is 85.8 Å². The monoisotopic (exact) mass is 238 g/mol. The highest BCUT2D eigenvalue weighted by molar-refractivity contribution is 7.85. The first-order chi connectivity index (χ1) is 6.65. The summed E-state index contributed by atoms with van der Waals surface area (Å²) in [6, 6.07) is 0. The lowest BCUT2D eigenvalue weighted by Gasteiger charge is -2.10. The number of hydrogen-bond donors (Lipinski definition) is 3. The number of hydrogen-bond acceptors (Lipinski definition) is 4. The average Bonchev–Trinajstić information content (AvgIpc) is 2.01. The minimum atomic E-state index is -4.31. The third-order valence-electron chi connectivity index (χ3n) is 1.66. The predicted octanol–water partition coefficient (Wildman–Crippen LogP) is -0.394. The van der Waals surface area contributed by atoms with Gasteiger partial charge in [-0.25, -0.2) is 4.79 Å². The smallest absolute Gasteiger partial charge is 0.331 e. The van der Waals surface area contributed by atoms with Gasteiger partial charge in [0, 0.05) is 5.57 Å². The summed E-state index contributed by atoms with van der Waals surface area (Å²) >= 11 is 0. The van der Waals surface area contributed by atoms with E-state index < -0.39 is 45.7 Å². The summed E-state index contributed by atoms with van der Waals surface area (Å²) in [6.45, 7) is 3.02. The lowest BCUT2D eigenvalue weighted by molar-refractivity contribution is -0.143. The summed E-state index contributed by atoms with van der Waals surface area (Å²) in [6.07, 6.45) is -0.528. The van der Waals surface area contributed by atoms with Crippen molar-refractivity contribution in [1.29, 1.82) is 0 Å². The fraction of sp³-hybridized carbons (Fsp3) is 0.429. The van der Waals surface area contributed by atoms with Crippen LogP contribution in [-0.4, -0.2) is 40.9 Å². The van der Waals surface area contributed by atoms with Crippen LogP contribution < -0.4 is 0 Å². The van der Waals surface area contributed by atoms with E-state index in [0.29, 0.717) is 0 Å². The first-order valence-corrected chi connectivity index (χ1v) is 5.36. The molecule has 7 nitrogen and oxygen atoms in total. The minimum Gasteiger partial charge on any atom is -0.481 e. The number of carbonyl (C=O) groups is 2. The topological polar surface area (TPSA) is 129 Å². The Morgan fingerprint density at radius 1 is 1.27 bits per heavy atom. The van der Waals surface area contributed by atoms with Crippen LogP contribution in [0.1, 0.15) is 6.42 Å². The summed E-state index contributed by atoms with van der Waals surface area (Å²) in [5, 5.41) is 17.0. The molecule has 15 heavy (non-hydrogen) atoms. The van der Waals surface area contributed by atoms with Gasteiger partial charge >= 0.3 is 11.9 Å². The lowest BCUT2D eigenvalue weighted by Crippen LogP contribution is -2.23. The van der Waals surface area contributed by atoms with Gasteiger partial charge in [-0.2, -0.15) is 8.42 Å². The highest BCUT2D eigenvalue weighted by atomic mass is 32.2. The predicted molar refractivity (Wildman–Crippen MR) is 48.9 cm³/mol. The van der Waals surface area contributed by atoms with Crippen molar-refractivity contribution in [2.75, 3.05) is 5.75 Å². The van der Waals surface area contributed by atoms with Crippen LogP contribution in [0.25, 0.3) is 0 Å². The minimum absolute atomic E-state index is 0.528. The van der Waals surface area contributed by atoms with E-state index in [2.05, 4.69) is 6.58 Å². The fourth-order valence-corrected chi connectivity index (χ4v) is 1.40. The highest BCUT2D eigenvalue weighted by Crippen LogP contribution is 2.15.